The van der Waals surface area contributed by atoms with Crippen LogP contribution in [-0.2, 0) is 4.79 Å². The van der Waals surface area contributed by atoms with Crippen molar-refractivity contribution in [2.45, 2.75) is 6.92 Å². The van der Waals surface area contributed by atoms with E-state index in [1.807, 2.05) is 6.07 Å². The summed E-state index contributed by atoms with van der Waals surface area (Å²) in [4.78, 5) is 29.6. The topological polar surface area (TPSA) is 74.1 Å². The third-order valence-electron chi connectivity index (χ3n) is 3.85. The van der Waals surface area contributed by atoms with Crippen LogP contribution >= 0.6 is 11.3 Å². The molecule has 0 spiro atoms. The molecule has 0 aliphatic carbocycles. The Morgan fingerprint density at radius 1 is 1.21 bits per heavy atom. The molecule has 0 fully saturated rings. The molecule has 8 heteroatoms. The molecule has 0 atom stereocenters. The average molecular weight is 409 g/mol. The highest BCUT2D eigenvalue weighted by atomic mass is 32.1. The Balaban J connectivity index is 1.85. The Morgan fingerprint density at radius 2 is 2.00 bits per heavy atom. The van der Waals surface area contributed by atoms with E-state index >= 15 is 0 Å². The number of halogens is 2. The third-order valence-corrected chi connectivity index (χ3v) is 4.69. The number of nitriles is 1. The molecule has 0 saturated carbocycles. The van der Waals surface area contributed by atoms with Crippen molar-refractivity contribution in [3.05, 3.63) is 82.4 Å². The first-order valence-corrected chi connectivity index (χ1v) is 9.21. The number of amides is 1. The number of carbonyl (C=O) groups excluding carboxylic acids is 2. The number of benzene rings is 2. The van der Waals surface area contributed by atoms with Gasteiger partial charge in [0.15, 0.2) is 10.9 Å². The molecule has 0 N–H and O–H groups in total. The largest absolute Gasteiger partial charge is 0.289 e. The van der Waals surface area contributed by atoms with E-state index in [0.29, 0.717) is 22.9 Å². The third kappa shape index (κ3) is 4.59. The van der Waals surface area contributed by atoms with E-state index in [1.54, 1.807) is 23.6 Å². The zero-order valence-electron chi connectivity index (χ0n) is 15.1. The zero-order valence-corrected chi connectivity index (χ0v) is 15.9. The van der Waals surface area contributed by atoms with E-state index in [1.165, 1.54) is 25.1 Å². The number of ketones is 1. The second kappa shape index (κ2) is 8.54. The lowest BCUT2D eigenvalue weighted by molar-refractivity contribution is -0.115. The van der Waals surface area contributed by atoms with Crippen molar-refractivity contribution < 1.29 is 18.4 Å². The lowest BCUT2D eigenvalue weighted by Crippen LogP contribution is -2.23. The smallest absolute Gasteiger partial charge is 0.230 e. The van der Waals surface area contributed by atoms with Gasteiger partial charge < -0.3 is 0 Å². The first kappa shape index (κ1) is 20.0. The van der Waals surface area contributed by atoms with Crippen molar-refractivity contribution in [1.82, 2.24) is 4.98 Å². The first-order valence-electron chi connectivity index (χ1n) is 8.33. The van der Waals surface area contributed by atoms with Crippen molar-refractivity contribution >= 4 is 39.9 Å². The summed E-state index contributed by atoms with van der Waals surface area (Å²) in [5.74, 6) is -2.45. The maximum absolute atomic E-state index is 14.1. The molecule has 0 aliphatic rings. The van der Waals surface area contributed by atoms with Crippen LogP contribution in [0.3, 0.4) is 0 Å². The Morgan fingerprint density at radius 3 is 2.69 bits per heavy atom. The minimum absolute atomic E-state index is 0.117. The van der Waals surface area contributed by atoms with E-state index in [4.69, 9.17) is 5.26 Å². The second-order valence-electron chi connectivity index (χ2n) is 5.90. The quantitative estimate of drug-likeness (QED) is 0.445. The summed E-state index contributed by atoms with van der Waals surface area (Å²) in [5, 5.41) is 10.7. The fraction of sp³-hybridized carbons (Fsp3) is 0.0476. The predicted octanol–water partition coefficient (Wildman–Crippen LogP) is 4.87. The molecular formula is C21H13F2N3O2S. The maximum atomic E-state index is 14.1. The molecule has 2 aromatic carbocycles. The Labute approximate surface area is 169 Å². The van der Waals surface area contributed by atoms with Gasteiger partial charge in [-0.3, -0.25) is 14.5 Å². The monoisotopic (exact) mass is 409 g/mol. The summed E-state index contributed by atoms with van der Waals surface area (Å²) in [6.07, 6.45) is 2.76. The highest BCUT2D eigenvalue weighted by molar-refractivity contribution is 7.14. The summed E-state index contributed by atoms with van der Waals surface area (Å²) >= 11 is 1.08. The molecule has 144 valence electrons. The van der Waals surface area contributed by atoms with Gasteiger partial charge in [0.05, 0.1) is 23.0 Å². The van der Waals surface area contributed by atoms with E-state index in [9.17, 15) is 18.4 Å². The van der Waals surface area contributed by atoms with Crippen LogP contribution in [0.4, 0.5) is 19.6 Å². The highest BCUT2D eigenvalue weighted by Crippen LogP contribution is 2.31. The number of rotatable bonds is 5. The van der Waals surface area contributed by atoms with E-state index < -0.39 is 17.5 Å². The molecule has 3 aromatic rings. The highest BCUT2D eigenvalue weighted by Gasteiger charge is 2.21. The lowest BCUT2D eigenvalue weighted by Gasteiger charge is -2.18. The molecule has 5 nitrogen and oxygen atoms in total. The van der Waals surface area contributed by atoms with Gasteiger partial charge in [-0.05, 0) is 36.4 Å². The van der Waals surface area contributed by atoms with E-state index in [2.05, 4.69) is 4.98 Å². The SMILES string of the molecule is CC(=O)N(c1nc(/C=C/C(=O)c2cccc(C#N)c2)cs1)c1ccc(F)cc1F. The van der Waals surface area contributed by atoms with Gasteiger partial charge in [0.1, 0.15) is 11.6 Å². The molecular weight excluding hydrogens is 396 g/mol. The van der Waals surface area contributed by atoms with Crippen LogP contribution in [0.15, 0.2) is 53.9 Å². The van der Waals surface area contributed by atoms with Gasteiger partial charge in [-0.15, -0.1) is 11.3 Å². The van der Waals surface area contributed by atoms with Crippen molar-refractivity contribution in [2.75, 3.05) is 4.90 Å². The second-order valence-corrected chi connectivity index (χ2v) is 6.73. The number of carbonyl (C=O) groups is 2. The van der Waals surface area contributed by atoms with Gasteiger partial charge in [-0.2, -0.15) is 5.26 Å². The van der Waals surface area contributed by atoms with E-state index in [0.717, 1.165) is 28.4 Å². The van der Waals surface area contributed by atoms with Crippen LogP contribution < -0.4 is 4.90 Å². The molecule has 1 heterocycles. The summed E-state index contributed by atoms with van der Waals surface area (Å²) in [7, 11) is 0. The van der Waals surface area contributed by atoms with Crippen LogP contribution in [0.2, 0.25) is 0 Å². The predicted molar refractivity (Wildman–Crippen MR) is 106 cm³/mol. The van der Waals surface area contributed by atoms with Gasteiger partial charge in [-0.1, -0.05) is 12.1 Å². The number of thiazole rings is 1. The fourth-order valence-electron chi connectivity index (χ4n) is 2.52. The molecule has 0 unspecified atom stereocenters. The maximum Gasteiger partial charge on any atom is 0.230 e. The van der Waals surface area contributed by atoms with Gasteiger partial charge in [0, 0.05) is 23.9 Å². The van der Waals surface area contributed by atoms with Crippen LogP contribution in [-0.4, -0.2) is 16.7 Å². The average Bonchev–Trinajstić information content (AvgIpc) is 3.16. The van der Waals surface area contributed by atoms with Crippen molar-refractivity contribution in [3.8, 4) is 6.07 Å². The molecule has 3 rings (SSSR count). The summed E-state index contributed by atoms with van der Waals surface area (Å²) < 4.78 is 27.3. The number of allylic oxidation sites excluding steroid dienone is 1. The molecule has 0 radical (unpaired) electrons. The Bertz CT molecular complexity index is 1160. The van der Waals surface area contributed by atoms with Crippen LogP contribution in [0, 0.1) is 23.0 Å². The summed E-state index contributed by atoms with van der Waals surface area (Å²) in [6, 6.07) is 11.2. The normalized spacial score (nSPS) is 10.7. The van der Waals surface area contributed by atoms with Crippen molar-refractivity contribution in [1.29, 1.82) is 5.26 Å². The van der Waals surface area contributed by atoms with Gasteiger partial charge >= 0.3 is 0 Å². The molecule has 1 aromatic heterocycles. The van der Waals surface area contributed by atoms with Gasteiger partial charge in [0.2, 0.25) is 5.91 Å². The lowest BCUT2D eigenvalue weighted by atomic mass is 10.1. The zero-order chi connectivity index (χ0) is 21.0. The summed E-state index contributed by atoms with van der Waals surface area (Å²) in [6.45, 7) is 1.24. The van der Waals surface area contributed by atoms with Gasteiger partial charge in [-0.25, -0.2) is 13.8 Å². The first-order chi connectivity index (χ1) is 13.9. The number of hydrogen-bond donors (Lipinski definition) is 0. The Hall–Kier alpha value is -3.70. The standard InChI is InChI=1S/C21H13F2N3O2S/c1-13(27)26(19-7-5-16(22)10-18(19)23)21-25-17(12-29-21)6-8-20(28)15-4-2-3-14(9-15)11-24/h2-10,12H,1H3/b8-6+. The number of nitrogens with zero attached hydrogens (tertiary/aromatic N) is 3. The van der Waals surface area contributed by atoms with Crippen molar-refractivity contribution in [2.24, 2.45) is 0 Å². The minimum Gasteiger partial charge on any atom is -0.289 e. The van der Waals surface area contributed by atoms with Gasteiger partial charge in [0.25, 0.3) is 0 Å². The molecule has 1 amide bonds. The molecule has 0 aliphatic heterocycles. The molecule has 0 saturated heterocycles. The van der Waals surface area contributed by atoms with Crippen LogP contribution in [0.5, 0.6) is 0 Å². The minimum atomic E-state index is -0.889. The number of hydrogen-bond acceptors (Lipinski definition) is 5. The van der Waals surface area contributed by atoms with Crippen LogP contribution in [0.1, 0.15) is 28.5 Å². The number of anilines is 2. The molecule has 29 heavy (non-hydrogen) atoms. The molecule has 0 bridgehead atoms. The van der Waals surface area contributed by atoms with Crippen LogP contribution in [0.25, 0.3) is 6.08 Å². The van der Waals surface area contributed by atoms with E-state index in [-0.39, 0.29) is 16.6 Å². The number of aromatic nitrogens is 1. The van der Waals surface area contributed by atoms with Crippen molar-refractivity contribution in [3.63, 3.8) is 0 Å². The summed E-state index contributed by atoms with van der Waals surface area (Å²) in [5.41, 5.74) is 1.00. The fourth-order valence-corrected chi connectivity index (χ4v) is 3.37. The Kier molecular flexibility index (Phi) is 5.90.